The number of hydroxylamine groups is 2. The molecular formula is C25H30ClN5O4. The highest BCUT2D eigenvalue weighted by molar-refractivity contribution is 6.30. The van der Waals surface area contributed by atoms with Gasteiger partial charge < -0.3 is 14.1 Å². The average Bonchev–Trinajstić information content (AvgIpc) is 3.36. The van der Waals surface area contributed by atoms with Crippen LogP contribution in [0.25, 0.3) is 5.69 Å². The third kappa shape index (κ3) is 5.21. The standard InChI is InChI=1S/C25H30ClN5O4/c1-15-11-20(29-34-15)16-5-7-17(8-6-16)23-28-27-22-14-30(35-24(32)33-25(2,3)4)13-18-12-19(26)9-10-21(18)31(22)23/h9-12,16-17H,5-8,13-14H2,1-4H3/t16-,17-. The lowest BCUT2D eigenvalue weighted by Crippen LogP contribution is -2.31. The number of carbonyl (C=O) groups is 1. The Kier molecular flexibility index (Phi) is 6.31. The van der Waals surface area contributed by atoms with Gasteiger partial charge in [-0.1, -0.05) is 16.8 Å². The van der Waals surface area contributed by atoms with Gasteiger partial charge in [0.15, 0.2) is 5.82 Å². The van der Waals surface area contributed by atoms with Crippen molar-refractivity contribution in [2.45, 2.75) is 83.9 Å². The SMILES string of the molecule is Cc1cc([C@H]2CC[C@H](c3nnc4n3-c3ccc(Cl)cc3CN(OC(=O)OC(C)(C)C)C4)CC2)no1. The maximum absolute atomic E-state index is 12.4. The molecule has 2 aromatic heterocycles. The van der Waals surface area contributed by atoms with Crippen molar-refractivity contribution >= 4 is 17.8 Å². The molecule has 1 fully saturated rings. The third-order valence-corrected chi connectivity index (χ3v) is 6.69. The number of hydrogen-bond donors (Lipinski definition) is 0. The fourth-order valence-electron chi connectivity index (χ4n) is 4.93. The molecule has 0 N–H and O–H groups in total. The summed E-state index contributed by atoms with van der Waals surface area (Å²) in [6.07, 6.45) is 3.24. The van der Waals surface area contributed by atoms with Crippen LogP contribution < -0.4 is 0 Å². The number of aromatic nitrogens is 4. The van der Waals surface area contributed by atoms with Crippen LogP contribution in [0, 0.1) is 6.92 Å². The molecule has 1 aromatic carbocycles. The fourth-order valence-corrected chi connectivity index (χ4v) is 5.12. The molecule has 1 saturated carbocycles. The van der Waals surface area contributed by atoms with Gasteiger partial charge in [0, 0.05) is 22.9 Å². The number of ether oxygens (including phenoxy) is 1. The Bertz CT molecular complexity index is 1220. The first-order valence-electron chi connectivity index (χ1n) is 12.0. The van der Waals surface area contributed by atoms with Gasteiger partial charge >= 0.3 is 6.16 Å². The van der Waals surface area contributed by atoms with Crippen molar-refractivity contribution < 1.29 is 18.9 Å². The summed E-state index contributed by atoms with van der Waals surface area (Å²) in [4.78, 5) is 17.9. The van der Waals surface area contributed by atoms with E-state index in [1.165, 1.54) is 0 Å². The Balaban J connectivity index is 1.40. The zero-order valence-corrected chi connectivity index (χ0v) is 21.2. The molecule has 0 bridgehead atoms. The number of carbonyl (C=O) groups excluding carboxylic acids is 1. The Labute approximate surface area is 209 Å². The molecule has 5 rings (SSSR count). The number of rotatable bonds is 3. The molecular weight excluding hydrogens is 470 g/mol. The molecule has 0 amide bonds. The minimum Gasteiger partial charge on any atom is -0.427 e. The van der Waals surface area contributed by atoms with E-state index in [4.69, 9.17) is 25.7 Å². The lowest BCUT2D eigenvalue weighted by molar-refractivity contribution is -0.155. The summed E-state index contributed by atoms with van der Waals surface area (Å²) in [7, 11) is 0. The van der Waals surface area contributed by atoms with E-state index in [9.17, 15) is 4.79 Å². The predicted molar refractivity (Wildman–Crippen MR) is 128 cm³/mol. The fraction of sp³-hybridized carbons (Fsp3) is 0.520. The van der Waals surface area contributed by atoms with Crippen molar-refractivity contribution in [3.8, 4) is 5.69 Å². The maximum Gasteiger partial charge on any atom is 0.528 e. The van der Waals surface area contributed by atoms with Gasteiger partial charge in [0.2, 0.25) is 0 Å². The normalized spacial score (nSPS) is 20.6. The first-order chi connectivity index (χ1) is 16.7. The van der Waals surface area contributed by atoms with E-state index in [0.29, 0.717) is 23.3 Å². The molecule has 0 radical (unpaired) electrons. The number of hydrogen-bond acceptors (Lipinski definition) is 8. The smallest absolute Gasteiger partial charge is 0.427 e. The summed E-state index contributed by atoms with van der Waals surface area (Å²) in [6.45, 7) is 7.96. The van der Waals surface area contributed by atoms with Gasteiger partial charge in [0.1, 0.15) is 17.2 Å². The summed E-state index contributed by atoms with van der Waals surface area (Å²) < 4.78 is 12.7. The van der Waals surface area contributed by atoms with Crippen LogP contribution >= 0.6 is 11.6 Å². The molecule has 3 heterocycles. The van der Waals surface area contributed by atoms with Gasteiger partial charge in [-0.25, -0.2) is 4.79 Å². The zero-order chi connectivity index (χ0) is 24.7. The molecule has 186 valence electrons. The van der Waals surface area contributed by atoms with Crippen molar-refractivity contribution in [2.24, 2.45) is 0 Å². The van der Waals surface area contributed by atoms with Gasteiger partial charge in [-0.2, -0.15) is 0 Å². The molecule has 1 aliphatic heterocycles. The molecule has 10 heteroatoms. The van der Waals surface area contributed by atoms with Crippen molar-refractivity contribution in [3.05, 3.63) is 58.0 Å². The highest BCUT2D eigenvalue weighted by Crippen LogP contribution is 2.41. The van der Waals surface area contributed by atoms with E-state index in [-0.39, 0.29) is 12.5 Å². The van der Waals surface area contributed by atoms with Crippen LogP contribution in [0.1, 0.15) is 87.0 Å². The molecule has 3 aromatic rings. The van der Waals surface area contributed by atoms with Gasteiger partial charge in [-0.15, -0.1) is 15.3 Å². The van der Waals surface area contributed by atoms with E-state index in [2.05, 4.69) is 19.9 Å². The quantitative estimate of drug-likeness (QED) is 0.414. The van der Waals surface area contributed by atoms with Crippen LogP contribution in [-0.4, -0.2) is 36.7 Å². The second-order valence-corrected chi connectivity index (χ2v) is 10.8. The van der Waals surface area contributed by atoms with Crippen LogP contribution in [-0.2, 0) is 22.7 Å². The van der Waals surface area contributed by atoms with E-state index in [1.807, 2.05) is 31.2 Å². The van der Waals surface area contributed by atoms with Gasteiger partial charge in [-0.3, -0.25) is 4.57 Å². The van der Waals surface area contributed by atoms with Crippen molar-refractivity contribution in [3.63, 3.8) is 0 Å². The van der Waals surface area contributed by atoms with Gasteiger partial charge in [0.25, 0.3) is 0 Å². The summed E-state index contributed by atoms with van der Waals surface area (Å²) >= 11 is 6.33. The first kappa shape index (κ1) is 23.8. The number of aryl methyl sites for hydroxylation is 1. The Morgan fingerprint density at radius 2 is 1.83 bits per heavy atom. The van der Waals surface area contributed by atoms with E-state index >= 15 is 0 Å². The Hall–Kier alpha value is -2.91. The number of halogens is 1. The molecule has 0 unspecified atom stereocenters. The Morgan fingerprint density at radius 1 is 1.09 bits per heavy atom. The molecule has 1 aliphatic carbocycles. The number of fused-ring (bicyclic) bond motifs is 3. The van der Waals surface area contributed by atoms with Gasteiger partial charge in [-0.05, 0) is 77.1 Å². The Morgan fingerprint density at radius 3 is 2.51 bits per heavy atom. The summed E-state index contributed by atoms with van der Waals surface area (Å²) in [5.41, 5.74) is 2.26. The minimum absolute atomic E-state index is 0.266. The highest BCUT2D eigenvalue weighted by atomic mass is 35.5. The lowest BCUT2D eigenvalue weighted by Gasteiger charge is -2.27. The van der Waals surface area contributed by atoms with E-state index < -0.39 is 11.8 Å². The second-order valence-electron chi connectivity index (χ2n) is 10.3. The molecule has 0 saturated heterocycles. The van der Waals surface area contributed by atoms with E-state index in [0.717, 1.165) is 54.2 Å². The van der Waals surface area contributed by atoms with Crippen LogP contribution in [0.15, 0.2) is 28.8 Å². The number of benzene rings is 1. The van der Waals surface area contributed by atoms with Crippen LogP contribution in [0.4, 0.5) is 4.79 Å². The van der Waals surface area contributed by atoms with Gasteiger partial charge in [0.05, 0.1) is 24.5 Å². The summed E-state index contributed by atoms with van der Waals surface area (Å²) in [5, 5.41) is 15.5. The van der Waals surface area contributed by atoms with Crippen LogP contribution in [0.5, 0.6) is 0 Å². The maximum atomic E-state index is 12.4. The zero-order valence-electron chi connectivity index (χ0n) is 20.5. The summed E-state index contributed by atoms with van der Waals surface area (Å²) in [6, 6.07) is 7.77. The van der Waals surface area contributed by atoms with Crippen molar-refractivity contribution in [1.29, 1.82) is 0 Å². The van der Waals surface area contributed by atoms with Crippen molar-refractivity contribution in [1.82, 2.24) is 25.0 Å². The monoisotopic (exact) mass is 499 g/mol. The molecule has 0 spiro atoms. The minimum atomic E-state index is -0.754. The predicted octanol–water partition coefficient (Wildman–Crippen LogP) is 5.84. The number of nitrogens with zero attached hydrogens (tertiary/aromatic N) is 5. The van der Waals surface area contributed by atoms with E-state index in [1.54, 1.807) is 25.8 Å². The molecule has 35 heavy (non-hydrogen) atoms. The molecule has 2 aliphatic rings. The largest absolute Gasteiger partial charge is 0.528 e. The molecule has 0 atom stereocenters. The highest BCUT2D eigenvalue weighted by Gasteiger charge is 2.33. The van der Waals surface area contributed by atoms with Crippen LogP contribution in [0.3, 0.4) is 0 Å². The third-order valence-electron chi connectivity index (χ3n) is 6.45. The summed E-state index contributed by atoms with van der Waals surface area (Å²) in [5.74, 6) is 3.15. The lowest BCUT2D eigenvalue weighted by atomic mass is 9.80. The topological polar surface area (TPSA) is 95.5 Å². The van der Waals surface area contributed by atoms with Crippen LogP contribution in [0.2, 0.25) is 5.02 Å². The van der Waals surface area contributed by atoms with Crippen molar-refractivity contribution in [2.75, 3.05) is 0 Å². The second kappa shape index (κ2) is 9.28. The first-order valence-corrected chi connectivity index (χ1v) is 12.4. The molecule has 9 nitrogen and oxygen atoms in total. The average molecular weight is 500 g/mol.